The molecule has 24 heavy (non-hydrogen) atoms. The van der Waals surface area contributed by atoms with Gasteiger partial charge < -0.3 is 9.64 Å². The maximum Gasteiger partial charge on any atom is 0.123 e. The molecule has 3 rings (SSSR count). The van der Waals surface area contributed by atoms with Crippen LogP contribution in [0.15, 0.2) is 46.9 Å². The molecule has 1 aliphatic heterocycles. The zero-order valence-electron chi connectivity index (χ0n) is 13.5. The number of nitrogens with zero attached hydrogens (tertiary/aromatic N) is 1. The first-order valence-electron chi connectivity index (χ1n) is 7.85. The monoisotopic (exact) mass is 393 g/mol. The smallest absolute Gasteiger partial charge is 0.123 e. The molecular weight excluding hydrogens is 369 g/mol. The molecule has 0 saturated carbocycles. The minimum atomic E-state index is -0.472. The summed E-state index contributed by atoms with van der Waals surface area (Å²) < 4.78 is 20.7. The van der Waals surface area contributed by atoms with Crippen molar-refractivity contribution in [3.63, 3.8) is 0 Å². The van der Waals surface area contributed by atoms with Crippen LogP contribution in [0.25, 0.3) is 0 Å². The zero-order chi connectivity index (χ0) is 16.4. The Kier molecular flexibility index (Phi) is 6.18. The van der Waals surface area contributed by atoms with Gasteiger partial charge in [0, 0.05) is 4.47 Å². The highest BCUT2D eigenvalue weighted by Crippen LogP contribution is 2.45. The van der Waals surface area contributed by atoms with E-state index in [1.165, 1.54) is 23.3 Å². The van der Waals surface area contributed by atoms with E-state index in [1.54, 1.807) is 0 Å². The molecule has 0 bridgehead atoms. The Bertz CT molecular complexity index is 687. The third-order valence-electron chi connectivity index (χ3n) is 4.42. The lowest BCUT2D eigenvalue weighted by Gasteiger charge is -2.31. The molecule has 0 N–H and O–H groups in total. The zero-order valence-corrected chi connectivity index (χ0v) is 15.1. The molecule has 0 aliphatic carbocycles. The van der Waals surface area contributed by atoms with Crippen LogP contribution in [-0.4, -0.2) is 25.5 Å². The first kappa shape index (κ1) is 19.1. The summed E-state index contributed by atoms with van der Waals surface area (Å²) in [6.45, 7) is 1.59. The van der Waals surface area contributed by atoms with E-state index in [0.29, 0.717) is 6.61 Å². The normalized spacial score (nSPS) is 19.2. The first-order valence-corrected chi connectivity index (χ1v) is 8.64. The Labute approximate surface area is 152 Å². The van der Waals surface area contributed by atoms with Crippen molar-refractivity contribution < 1.29 is 9.13 Å². The van der Waals surface area contributed by atoms with Crippen molar-refractivity contribution in [3.05, 3.63) is 69.4 Å². The Balaban J connectivity index is 0.00000208. The molecule has 2 nitrogen and oxygen atoms in total. The van der Waals surface area contributed by atoms with Crippen LogP contribution >= 0.6 is 15.9 Å². The number of benzene rings is 2. The number of hydrogen-bond acceptors (Lipinski definition) is 2. The predicted octanol–water partition coefficient (Wildman–Crippen LogP) is 5.34. The summed E-state index contributed by atoms with van der Waals surface area (Å²) in [5.41, 5.74) is 2.96. The molecule has 0 amide bonds. The van der Waals surface area contributed by atoms with Gasteiger partial charge in [0.1, 0.15) is 11.4 Å². The van der Waals surface area contributed by atoms with E-state index < -0.39 is 5.60 Å². The van der Waals surface area contributed by atoms with Crippen molar-refractivity contribution in [1.82, 2.24) is 4.90 Å². The quantitative estimate of drug-likeness (QED) is 0.679. The highest BCUT2D eigenvalue weighted by Gasteiger charge is 2.41. The second-order valence-corrected chi connectivity index (χ2v) is 7.25. The molecule has 1 heterocycles. The summed E-state index contributed by atoms with van der Waals surface area (Å²) in [6, 6.07) is 13.0. The fraction of sp³-hybridized carbons (Fsp3) is 0.400. The molecule has 0 spiro atoms. The van der Waals surface area contributed by atoms with Gasteiger partial charge in [0.25, 0.3) is 0 Å². The summed E-state index contributed by atoms with van der Waals surface area (Å²) >= 11 is 3.53. The highest BCUT2D eigenvalue weighted by molar-refractivity contribution is 9.10. The van der Waals surface area contributed by atoms with Gasteiger partial charge in [0.05, 0.1) is 6.61 Å². The number of hydrogen-bond donors (Lipinski definition) is 0. The van der Waals surface area contributed by atoms with Crippen LogP contribution in [0.4, 0.5) is 4.39 Å². The van der Waals surface area contributed by atoms with Gasteiger partial charge in [-0.25, -0.2) is 4.39 Å². The molecule has 130 valence electrons. The maximum absolute atomic E-state index is 13.4. The fourth-order valence-electron chi connectivity index (χ4n) is 3.31. The molecule has 2 aromatic carbocycles. The van der Waals surface area contributed by atoms with Crippen LogP contribution < -0.4 is 0 Å². The molecule has 1 aliphatic rings. The van der Waals surface area contributed by atoms with Crippen molar-refractivity contribution in [2.75, 3.05) is 20.6 Å². The van der Waals surface area contributed by atoms with Gasteiger partial charge in [0.2, 0.25) is 0 Å². The summed E-state index contributed by atoms with van der Waals surface area (Å²) in [5.74, 6) is -0.216. The van der Waals surface area contributed by atoms with Crippen molar-refractivity contribution in [2.24, 2.45) is 0 Å². The predicted molar refractivity (Wildman–Crippen MR) is 101 cm³/mol. The van der Waals surface area contributed by atoms with E-state index in [1.807, 2.05) is 12.1 Å². The number of fused-ring (bicyclic) bond motifs is 1. The summed E-state index contributed by atoms with van der Waals surface area (Å²) in [5, 5.41) is 0. The van der Waals surface area contributed by atoms with Crippen LogP contribution in [-0.2, 0) is 16.9 Å². The number of halogens is 2. The van der Waals surface area contributed by atoms with E-state index in [9.17, 15) is 4.39 Å². The van der Waals surface area contributed by atoms with Crippen molar-refractivity contribution in [3.8, 4) is 0 Å². The second-order valence-electron chi connectivity index (χ2n) is 6.33. The van der Waals surface area contributed by atoms with Gasteiger partial charge in [-0.2, -0.15) is 0 Å². The number of rotatable bonds is 5. The van der Waals surface area contributed by atoms with E-state index >= 15 is 0 Å². The minimum absolute atomic E-state index is 0. The average molecular weight is 394 g/mol. The van der Waals surface area contributed by atoms with Crippen LogP contribution in [0.3, 0.4) is 0 Å². The average Bonchev–Trinajstić information content (AvgIpc) is 2.87. The van der Waals surface area contributed by atoms with Crippen LogP contribution in [0.5, 0.6) is 0 Å². The second kappa shape index (κ2) is 7.77. The van der Waals surface area contributed by atoms with Gasteiger partial charge in [-0.3, -0.25) is 0 Å². The fourth-order valence-corrected chi connectivity index (χ4v) is 3.72. The summed E-state index contributed by atoms with van der Waals surface area (Å²) in [6.07, 6.45) is 1.89. The maximum atomic E-state index is 13.4. The Morgan fingerprint density at radius 2 is 1.88 bits per heavy atom. The first-order chi connectivity index (χ1) is 11.0. The standard InChI is InChI=1S/C19H21BrFNO.CH4/c1-22(2)11-3-10-19(15-4-7-17(21)8-5-15)18-9-6-16(20)12-14(18)13-23-19;/h4-9,12H,3,10-11,13H2,1-2H3;1H4. The molecular formula is C20H25BrFNO. The van der Waals surface area contributed by atoms with E-state index in [2.05, 4.69) is 53.1 Å². The lowest BCUT2D eigenvalue weighted by Crippen LogP contribution is -2.28. The van der Waals surface area contributed by atoms with Gasteiger partial charge in [-0.05, 0) is 74.4 Å². The largest absolute Gasteiger partial charge is 0.361 e. The lowest BCUT2D eigenvalue weighted by atomic mass is 9.82. The summed E-state index contributed by atoms with van der Waals surface area (Å²) in [7, 11) is 4.15. The van der Waals surface area contributed by atoms with Crippen LogP contribution in [0.2, 0.25) is 0 Å². The molecule has 1 atom stereocenters. The SMILES string of the molecule is C.CN(C)CCCC1(c2ccc(F)cc2)OCc2cc(Br)ccc21. The summed E-state index contributed by atoms with van der Waals surface area (Å²) in [4.78, 5) is 2.18. The minimum Gasteiger partial charge on any atom is -0.361 e. The molecule has 1 unspecified atom stereocenters. The Morgan fingerprint density at radius 3 is 2.54 bits per heavy atom. The van der Waals surface area contributed by atoms with Crippen LogP contribution in [0, 0.1) is 5.82 Å². The topological polar surface area (TPSA) is 12.5 Å². The van der Waals surface area contributed by atoms with Gasteiger partial charge in [-0.15, -0.1) is 0 Å². The van der Waals surface area contributed by atoms with Crippen molar-refractivity contribution >= 4 is 15.9 Å². The van der Waals surface area contributed by atoms with E-state index in [0.717, 1.165) is 29.4 Å². The van der Waals surface area contributed by atoms with Gasteiger partial charge in [0.15, 0.2) is 0 Å². The van der Waals surface area contributed by atoms with Gasteiger partial charge >= 0.3 is 0 Å². The molecule has 4 heteroatoms. The van der Waals surface area contributed by atoms with Crippen molar-refractivity contribution in [1.29, 1.82) is 0 Å². The van der Waals surface area contributed by atoms with E-state index in [4.69, 9.17) is 4.74 Å². The molecule has 2 aromatic rings. The Hall–Kier alpha value is -1.23. The van der Waals surface area contributed by atoms with E-state index in [-0.39, 0.29) is 13.2 Å². The number of ether oxygens (including phenoxy) is 1. The Morgan fingerprint density at radius 1 is 1.17 bits per heavy atom. The van der Waals surface area contributed by atoms with Gasteiger partial charge in [-0.1, -0.05) is 41.6 Å². The lowest BCUT2D eigenvalue weighted by molar-refractivity contribution is -0.0140. The third kappa shape index (κ3) is 3.71. The third-order valence-corrected chi connectivity index (χ3v) is 4.91. The highest BCUT2D eigenvalue weighted by atomic mass is 79.9. The molecule has 0 radical (unpaired) electrons. The van der Waals surface area contributed by atoms with Crippen molar-refractivity contribution in [2.45, 2.75) is 32.5 Å². The molecule has 0 fully saturated rings. The van der Waals surface area contributed by atoms with Crippen LogP contribution in [0.1, 0.15) is 37.0 Å². The molecule has 0 aromatic heterocycles. The molecule has 0 saturated heterocycles.